The summed E-state index contributed by atoms with van der Waals surface area (Å²) in [5.41, 5.74) is -2.23. The first-order chi connectivity index (χ1) is 30.6. The second-order valence-corrected chi connectivity index (χ2v) is 18.2. The molecule has 1 saturated heterocycles. The van der Waals surface area contributed by atoms with Gasteiger partial charge < -0.3 is 46.8 Å². The van der Waals surface area contributed by atoms with Gasteiger partial charge in [0.25, 0.3) is 0 Å². The number of carbonyl (C=O) groups is 1. The molecule has 1 fully saturated rings. The summed E-state index contributed by atoms with van der Waals surface area (Å²) in [4.78, 5) is 20.1. The molecule has 5 rings (SSSR count). The highest BCUT2D eigenvalue weighted by Crippen LogP contribution is 2.50. The third-order valence-electron chi connectivity index (χ3n) is 7.57. The van der Waals surface area contributed by atoms with Crippen molar-refractivity contribution >= 4 is 99.2 Å². The highest BCUT2D eigenvalue weighted by Gasteiger charge is 2.38. The van der Waals surface area contributed by atoms with E-state index in [0.717, 1.165) is 9.64 Å². The Morgan fingerprint density at radius 1 is 0.908 bits per heavy atom. The van der Waals surface area contributed by atoms with Crippen LogP contribution in [0.2, 0.25) is 20.1 Å². The van der Waals surface area contributed by atoms with Crippen molar-refractivity contribution in [2.45, 2.75) is 38.6 Å². The molecule has 0 amide bonds. The molecule has 1 unspecified atom stereocenters. The molecule has 2 heterocycles. The largest absolute Gasteiger partial charge is 0.479 e. The highest BCUT2D eigenvalue weighted by molar-refractivity contribution is 14.1. The summed E-state index contributed by atoms with van der Waals surface area (Å²) in [6.07, 6.45) is -10.1. The molecule has 13 nitrogen and oxygen atoms in total. The molecule has 1 aliphatic rings. The van der Waals surface area contributed by atoms with Gasteiger partial charge in [0.05, 0.1) is 35.4 Å². The normalized spacial score (nSPS) is 13.7. The summed E-state index contributed by atoms with van der Waals surface area (Å²) in [6, 6.07) is 15.2. The monoisotopic (exact) mass is 1150 g/mol. The average molecular weight is 1160 g/mol. The van der Waals surface area contributed by atoms with Crippen LogP contribution in [0.15, 0.2) is 78.1 Å². The Bertz CT molecular complexity index is 2210. The second-order valence-electron chi connectivity index (χ2n) is 12.2. The molecule has 3 aromatic carbocycles. The van der Waals surface area contributed by atoms with Crippen LogP contribution in [0, 0.1) is 3.57 Å². The van der Waals surface area contributed by atoms with Crippen molar-refractivity contribution in [1.82, 2.24) is 4.98 Å². The van der Waals surface area contributed by atoms with E-state index >= 15 is 0 Å². The number of benzene rings is 3. The number of alkyl halides is 6. The third kappa shape index (κ3) is 19.7. The Hall–Kier alpha value is -2.93. The van der Waals surface area contributed by atoms with Crippen LogP contribution in [0.25, 0.3) is 0 Å². The molecular weight excluding hydrogens is 1120 g/mol. The first-order valence-corrected chi connectivity index (χ1v) is 23.5. The van der Waals surface area contributed by atoms with E-state index in [9.17, 15) is 31.1 Å². The van der Waals surface area contributed by atoms with Crippen molar-refractivity contribution < 1.29 is 78.0 Å². The van der Waals surface area contributed by atoms with Gasteiger partial charge in [-0.1, -0.05) is 63.7 Å². The molecule has 1 atom stereocenters. The lowest BCUT2D eigenvalue weighted by Gasteiger charge is -2.19. The van der Waals surface area contributed by atoms with Crippen molar-refractivity contribution in [2.24, 2.45) is 5.16 Å². The molecule has 1 aromatic heterocycles. The van der Waals surface area contributed by atoms with E-state index in [4.69, 9.17) is 100 Å². The van der Waals surface area contributed by atoms with E-state index in [1.54, 1.807) is 19.1 Å². The van der Waals surface area contributed by atoms with Crippen LogP contribution in [0.5, 0.6) is 23.1 Å². The maximum absolute atomic E-state index is 12.9. The molecule has 0 bridgehead atoms. The van der Waals surface area contributed by atoms with Crippen LogP contribution in [-0.2, 0) is 55.6 Å². The van der Waals surface area contributed by atoms with Gasteiger partial charge in [0.15, 0.2) is 24.7 Å². The number of halogens is 11. The second kappa shape index (κ2) is 27.2. The molecule has 4 aromatic rings. The molecular formula is C39H38Cl4F6IN2O11PS. The summed E-state index contributed by atoms with van der Waals surface area (Å²) >= 11 is 30.5. The smallest absolute Gasteiger partial charge is 0.437 e. The number of oxime groups is 1. The van der Waals surface area contributed by atoms with Gasteiger partial charge in [-0.15, -0.1) is 0 Å². The zero-order valence-electron chi connectivity index (χ0n) is 34.2. The minimum Gasteiger partial charge on any atom is -0.479 e. The van der Waals surface area contributed by atoms with Crippen LogP contribution in [0.1, 0.15) is 25.0 Å². The molecule has 26 heteroatoms. The quantitative estimate of drug-likeness (QED) is 0.0145. The van der Waals surface area contributed by atoms with Gasteiger partial charge in [0, 0.05) is 59.1 Å². The third-order valence-corrected chi connectivity index (χ3v) is 12.3. The number of nitrogens with zero attached hydrogens (tertiary/aromatic N) is 2. The van der Waals surface area contributed by atoms with Crippen molar-refractivity contribution in [3.8, 4) is 23.1 Å². The molecule has 65 heavy (non-hydrogen) atoms. The number of ether oxygens (including phenoxy) is 6. The molecule has 0 N–H and O–H groups in total. The minimum atomic E-state index is -4.63. The molecule has 0 spiro atoms. The fraction of sp³-hybridized carbons (Fsp3) is 0.359. The minimum absolute atomic E-state index is 0.129. The summed E-state index contributed by atoms with van der Waals surface area (Å²) in [5, 5.41) is 4.16. The number of rotatable bonds is 17. The van der Waals surface area contributed by atoms with Gasteiger partial charge in [-0.2, -0.15) is 26.3 Å². The highest BCUT2D eigenvalue weighted by atomic mass is 127. The number of pyridine rings is 1. The van der Waals surface area contributed by atoms with Crippen molar-refractivity contribution in [3.05, 3.63) is 108 Å². The number of hydrogen-bond acceptors (Lipinski definition) is 14. The Labute approximate surface area is 408 Å². The standard InChI is InChI=1S/C19H19ClF3NO5.C12H11ClF3NO3.C8H8Cl2IO3PS/c1-3-26-8-9-27-18(25)12(2)28-14-4-6-15(7-5-14)29-17-16(20)10-13(11-24-17)19(21,22)23;13-9-3-1-8(2-4-9)11(12(14,15)16)17-20-7-10-18-5-6-19-10;1-12-15(16,13-2)14-8-4-5(9)7(11)3-6(8)10/h4-7,10-12H,3,8-9H2,1-2H3;1-4,10H,5-7H2;3-4H,1-2H3/b;17-11-;. The van der Waals surface area contributed by atoms with Gasteiger partial charge >= 0.3 is 25.0 Å². The maximum Gasteiger partial charge on any atom is 0.437 e. The number of carbonyl (C=O) groups excluding carboxylic acids is 1. The topological polar surface area (TPSA) is 135 Å². The Kier molecular flexibility index (Phi) is 23.6. The first-order valence-electron chi connectivity index (χ1n) is 18.3. The molecule has 358 valence electrons. The van der Waals surface area contributed by atoms with Gasteiger partial charge in [0.2, 0.25) is 5.88 Å². The van der Waals surface area contributed by atoms with Gasteiger partial charge in [-0.05, 0) is 85.0 Å². The fourth-order valence-electron chi connectivity index (χ4n) is 4.45. The van der Waals surface area contributed by atoms with Gasteiger partial charge in [-0.25, -0.2) is 9.78 Å². The zero-order chi connectivity index (χ0) is 48.4. The predicted octanol–water partition coefficient (Wildman–Crippen LogP) is 12.4. The zero-order valence-corrected chi connectivity index (χ0v) is 41.1. The van der Waals surface area contributed by atoms with Crippen molar-refractivity contribution in [2.75, 3.05) is 53.9 Å². The summed E-state index contributed by atoms with van der Waals surface area (Å²) in [7, 11) is 2.85. The van der Waals surface area contributed by atoms with E-state index in [1.165, 1.54) is 62.8 Å². The van der Waals surface area contributed by atoms with Crippen molar-refractivity contribution in [1.29, 1.82) is 0 Å². The van der Waals surface area contributed by atoms with E-state index < -0.39 is 48.7 Å². The van der Waals surface area contributed by atoms with E-state index in [1.807, 2.05) is 6.92 Å². The molecule has 0 saturated carbocycles. The van der Waals surface area contributed by atoms with Crippen LogP contribution in [-0.4, -0.2) is 89.1 Å². The lowest BCUT2D eigenvalue weighted by Crippen LogP contribution is -2.27. The SMILES string of the molecule is CCOCCOC(=O)C(C)Oc1ccc(Oc2ncc(C(F)(F)F)cc2Cl)cc1.COP(=S)(OC)Oc1cc(Cl)c(I)cc1Cl.FC(F)(F)/C(=N\OCC1OCCO1)c1ccc(Cl)cc1. The number of hydrogen-bond donors (Lipinski definition) is 0. The lowest BCUT2D eigenvalue weighted by molar-refractivity contribution is -0.152. The molecule has 0 radical (unpaired) electrons. The Morgan fingerprint density at radius 2 is 1.52 bits per heavy atom. The Morgan fingerprint density at radius 3 is 2.08 bits per heavy atom. The van der Waals surface area contributed by atoms with Crippen LogP contribution in [0.4, 0.5) is 26.3 Å². The lowest BCUT2D eigenvalue weighted by atomic mass is 10.1. The summed E-state index contributed by atoms with van der Waals surface area (Å²) in [5.74, 6) is 0.306. The maximum atomic E-state index is 12.9. The predicted molar refractivity (Wildman–Crippen MR) is 242 cm³/mol. The Balaban J connectivity index is 0.000000272. The molecule has 0 aliphatic carbocycles. The van der Waals surface area contributed by atoms with Gasteiger partial charge in [0.1, 0.15) is 28.9 Å². The van der Waals surface area contributed by atoms with E-state index in [-0.39, 0.29) is 35.4 Å². The fourth-order valence-corrected chi connectivity index (χ4v) is 6.78. The first kappa shape index (κ1) is 56.4. The van der Waals surface area contributed by atoms with E-state index in [0.29, 0.717) is 59.2 Å². The molecule has 1 aliphatic heterocycles. The van der Waals surface area contributed by atoms with Crippen molar-refractivity contribution in [3.63, 3.8) is 0 Å². The van der Waals surface area contributed by atoms with Crippen LogP contribution >= 0.6 is 75.7 Å². The van der Waals surface area contributed by atoms with E-state index in [2.05, 4.69) is 37.6 Å². The number of aromatic nitrogens is 1. The average Bonchev–Trinajstić information content (AvgIpc) is 3.78. The summed E-state index contributed by atoms with van der Waals surface area (Å²) in [6.45, 7) is 2.15. The summed E-state index contributed by atoms with van der Waals surface area (Å²) < 4.78 is 124. The van der Waals surface area contributed by atoms with Gasteiger partial charge in [-0.3, -0.25) is 0 Å². The van der Waals surface area contributed by atoms with Crippen LogP contribution < -0.4 is 14.0 Å². The van der Waals surface area contributed by atoms with Crippen LogP contribution in [0.3, 0.4) is 0 Å². The number of esters is 1.